The second kappa shape index (κ2) is 9.18. The van der Waals surface area contributed by atoms with Crippen LogP contribution in [0.1, 0.15) is 44.2 Å². The molecule has 1 N–H and O–H groups in total. The molecule has 1 heterocycles. The van der Waals surface area contributed by atoms with Crippen LogP contribution in [0.3, 0.4) is 0 Å². The van der Waals surface area contributed by atoms with Crippen LogP contribution < -0.4 is 5.32 Å². The highest BCUT2D eigenvalue weighted by atomic mass is 35.5. The Morgan fingerprint density at radius 1 is 1.30 bits per heavy atom. The maximum Gasteiger partial charge on any atom is 0.222 e. The van der Waals surface area contributed by atoms with Gasteiger partial charge in [0.25, 0.3) is 0 Å². The SMILES string of the molecule is CC(c1c(F)cccc1F)N(C)C(=O)CCC1CCNCC1.Cl. The van der Waals surface area contributed by atoms with Crippen molar-refractivity contribution in [2.24, 2.45) is 5.92 Å². The molecule has 1 amide bonds. The third-order valence-corrected chi connectivity index (χ3v) is 4.62. The fourth-order valence-corrected chi connectivity index (χ4v) is 2.99. The Bertz CT molecular complexity index is 501. The molecule has 1 aromatic rings. The maximum absolute atomic E-state index is 13.8. The minimum absolute atomic E-state index is 0. The molecular weight excluding hydrogens is 322 g/mol. The van der Waals surface area contributed by atoms with Crippen LogP contribution in [0.5, 0.6) is 0 Å². The largest absolute Gasteiger partial charge is 0.339 e. The molecule has 6 heteroatoms. The van der Waals surface area contributed by atoms with Crippen LogP contribution in [0.2, 0.25) is 0 Å². The predicted molar refractivity (Wildman–Crippen MR) is 89.6 cm³/mol. The van der Waals surface area contributed by atoms with E-state index in [2.05, 4.69) is 5.32 Å². The predicted octanol–water partition coefficient (Wildman–Crippen LogP) is 3.69. The molecule has 1 atom stereocenters. The number of nitrogens with one attached hydrogen (secondary N) is 1. The maximum atomic E-state index is 13.8. The molecule has 2 rings (SSSR count). The van der Waals surface area contributed by atoms with Crippen LogP contribution >= 0.6 is 12.4 Å². The number of piperidine rings is 1. The molecule has 0 aliphatic carbocycles. The molecular formula is C17H25ClF2N2O. The van der Waals surface area contributed by atoms with Crippen molar-refractivity contribution in [2.75, 3.05) is 20.1 Å². The van der Waals surface area contributed by atoms with Crippen molar-refractivity contribution in [3.8, 4) is 0 Å². The smallest absolute Gasteiger partial charge is 0.222 e. The van der Waals surface area contributed by atoms with Gasteiger partial charge < -0.3 is 10.2 Å². The normalized spacial score (nSPS) is 16.5. The first kappa shape index (κ1) is 19.8. The summed E-state index contributed by atoms with van der Waals surface area (Å²) in [6, 6.07) is 3.17. The van der Waals surface area contributed by atoms with E-state index >= 15 is 0 Å². The number of hydrogen-bond acceptors (Lipinski definition) is 2. The van der Waals surface area contributed by atoms with Crippen LogP contribution in [0.25, 0.3) is 0 Å². The zero-order chi connectivity index (χ0) is 16.1. The van der Waals surface area contributed by atoms with Gasteiger partial charge in [-0.3, -0.25) is 4.79 Å². The molecule has 0 aromatic heterocycles. The topological polar surface area (TPSA) is 32.3 Å². The Labute approximate surface area is 142 Å². The molecule has 1 unspecified atom stereocenters. The number of amides is 1. The quantitative estimate of drug-likeness (QED) is 0.882. The third kappa shape index (κ3) is 5.15. The van der Waals surface area contributed by atoms with Gasteiger partial charge in [-0.1, -0.05) is 6.07 Å². The minimum Gasteiger partial charge on any atom is -0.339 e. The van der Waals surface area contributed by atoms with Gasteiger partial charge >= 0.3 is 0 Å². The second-order valence-corrected chi connectivity index (χ2v) is 6.05. The minimum atomic E-state index is -0.610. The zero-order valence-corrected chi connectivity index (χ0v) is 14.5. The Morgan fingerprint density at radius 2 is 1.87 bits per heavy atom. The van der Waals surface area contributed by atoms with Crippen LogP contribution in [-0.2, 0) is 4.79 Å². The monoisotopic (exact) mass is 346 g/mol. The lowest BCUT2D eigenvalue weighted by molar-refractivity contribution is -0.132. The molecule has 23 heavy (non-hydrogen) atoms. The van der Waals surface area contributed by atoms with Crippen molar-refractivity contribution in [3.05, 3.63) is 35.4 Å². The van der Waals surface area contributed by atoms with Crippen molar-refractivity contribution in [2.45, 2.75) is 38.6 Å². The van der Waals surface area contributed by atoms with E-state index in [0.29, 0.717) is 12.3 Å². The lowest BCUT2D eigenvalue weighted by atomic mass is 9.93. The summed E-state index contributed by atoms with van der Waals surface area (Å²) in [7, 11) is 1.61. The van der Waals surface area contributed by atoms with Gasteiger partial charge in [0.1, 0.15) is 11.6 Å². The highest BCUT2D eigenvalue weighted by molar-refractivity contribution is 5.85. The van der Waals surface area contributed by atoms with Gasteiger partial charge in [0.05, 0.1) is 6.04 Å². The summed E-state index contributed by atoms with van der Waals surface area (Å²) in [5.41, 5.74) is -0.0415. The lowest BCUT2D eigenvalue weighted by Gasteiger charge is -2.27. The summed E-state index contributed by atoms with van der Waals surface area (Å²) >= 11 is 0. The van der Waals surface area contributed by atoms with Crippen LogP contribution in [0, 0.1) is 17.6 Å². The zero-order valence-electron chi connectivity index (χ0n) is 13.6. The summed E-state index contributed by atoms with van der Waals surface area (Å²) in [6.07, 6.45) is 3.46. The van der Waals surface area contributed by atoms with Crippen molar-refractivity contribution in [1.29, 1.82) is 0 Å². The van der Waals surface area contributed by atoms with E-state index in [4.69, 9.17) is 0 Å². The number of hydrogen-bond donors (Lipinski definition) is 1. The Kier molecular flexibility index (Phi) is 7.92. The average molecular weight is 347 g/mol. The van der Waals surface area contributed by atoms with E-state index in [-0.39, 0.29) is 23.9 Å². The number of benzene rings is 1. The summed E-state index contributed by atoms with van der Waals surface area (Å²) in [5.74, 6) is -0.705. The fraction of sp³-hybridized carbons (Fsp3) is 0.588. The van der Waals surface area contributed by atoms with Crippen LogP contribution in [0.15, 0.2) is 18.2 Å². The van der Waals surface area contributed by atoms with Gasteiger partial charge in [-0.05, 0) is 57.3 Å². The Morgan fingerprint density at radius 3 is 2.43 bits per heavy atom. The molecule has 0 saturated carbocycles. The van der Waals surface area contributed by atoms with Crippen molar-refractivity contribution >= 4 is 18.3 Å². The standard InChI is InChI=1S/C17H24F2N2O.ClH/c1-12(17-14(18)4-3-5-15(17)19)21(2)16(22)7-6-13-8-10-20-11-9-13;/h3-5,12-13,20H,6-11H2,1-2H3;1H. The van der Waals surface area contributed by atoms with Crippen molar-refractivity contribution in [1.82, 2.24) is 10.2 Å². The highest BCUT2D eigenvalue weighted by Gasteiger charge is 2.24. The molecule has 0 spiro atoms. The summed E-state index contributed by atoms with van der Waals surface area (Å²) < 4.78 is 27.6. The first-order chi connectivity index (χ1) is 10.5. The van der Waals surface area contributed by atoms with E-state index in [1.54, 1.807) is 14.0 Å². The highest BCUT2D eigenvalue weighted by Crippen LogP contribution is 2.26. The summed E-state index contributed by atoms with van der Waals surface area (Å²) in [5, 5.41) is 3.30. The Hall–Kier alpha value is -1.20. The van der Waals surface area contributed by atoms with E-state index in [9.17, 15) is 13.6 Å². The van der Waals surface area contributed by atoms with Crippen LogP contribution in [0.4, 0.5) is 8.78 Å². The molecule has 1 aliphatic rings. The molecule has 0 radical (unpaired) electrons. The van der Waals surface area contributed by atoms with Crippen molar-refractivity contribution < 1.29 is 13.6 Å². The number of halogens is 3. The van der Waals surface area contributed by atoms with Crippen LogP contribution in [-0.4, -0.2) is 30.9 Å². The summed E-state index contributed by atoms with van der Waals surface area (Å²) in [6.45, 7) is 3.67. The first-order valence-electron chi connectivity index (χ1n) is 7.91. The molecule has 130 valence electrons. The number of carbonyl (C=O) groups excluding carboxylic acids is 1. The van der Waals surface area contributed by atoms with Gasteiger partial charge in [-0.2, -0.15) is 0 Å². The fourth-order valence-electron chi connectivity index (χ4n) is 2.99. The molecule has 0 bridgehead atoms. The van der Waals surface area contributed by atoms with Gasteiger partial charge in [0.2, 0.25) is 5.91 Å². The number of nitrogens with zero attached hydrogens (tertiary/aromatic N) is 1. The van der Waals surface area contributed by atoms with E-state index < -0.39 is 17.7 Å². The van der Waals surface area contributed by atoms with E-state index in [1.165, 1.54) is 23.1 Å². The molecule has 1 aliphatic heterocycles. The first-order valence-corrected chi connectivity index (χ1v) is 7.91. The summed E-state index contributed by atoms with van der Waals surface area (Å²) in [4.78, 5) is 13.7. The van der Waals surface area contributed by atoms with Gasteiger partial charge in [-0.15, -0.1) is 12.4 Å². The van der Waals surface area contributed by atoms with E-state index in [0.717, 1.165) is 32.4 Å². The number of carbonyl (C=O) groups is 1. The third-order valence-electron chi connectivity index (χ3n) is 4.62. The van der Waals surface area contributed by atoms with E-state index in [1.807, 2.05) is 0 Å². The lowest BCUT2D eigenvalue weighted by Crippen LogP contribution is -2.32. The van der Waals surface area contributed by atoms with Crippen molar-refractivity contribution in [3.63, 3.8) is 0 Å². The van der Waals surface area contributed by atoms with Gasteiger partial charge in [0.15, 0.2) is 0 Å². The molecule has 1 aromatic carbocycles. The number of rotatable bonds is 5. The second-order valence-electron chi connectivity index (χ2n) is 6.05. The molecule has 1 saturated heterocycles. The Balaban J connectivity index is 0.00000264. The molecule has 3 nitrogen and oxygen atoms in total. The van der Waals surface area contributed by atoms with Gasteiger partial charge in [0, 0.05) is 19.0 Å². The van der Waals surface area contributed by atoms with Gasteiger partial charge in [-0.25, -0.2) is 8.78 Å². The average Bonchev–Trinajstić information content (AvgIpc) is 2.52. The molecule has 1 fully saturated rings.